The minimum absolute atomic E-state index is 0.00327. The van der Waals surface area contributed by atoms with E-state index in [4.69, 9.17) is 9.47 Å². The second-order valence-electron chi connectivity index (χ2n) is 8.07. The molecule has 0 radical (unpaired) electrons. The highest BCUT2D eigenvalue weighted by Crippen LogP contribution is 2.29. The summed E-state index contributed by atoms with van der Waals surface area (Å²) in [6, 6.07) is 21.2. The summed E-state index contributed by atoms with van der Waals surface area (Å²) in [4.78, 5) is 4.79. The molecular formula is C27H28N2O5S. The van der Waals surface area contributed by atoms with Crippen molar-refractivity contribution in [2.75, 3.05) is 13.7 Å². The molecule has 0 aliphatic rings. The maximum absolute atomic E-state index is 13.0. The molecule has 7 nitrogen and oxygen atoms in total. The molecule has 8 heteroatoms. The largest absolute Gasteiger partial charge is 0.493 e. The number of fused-ring (bicyclic) bond motifs is 1. The average Bonchev–Trinajstić information content (AvgIpc) is 3.19. The standard InChI is InChI=1S/C27H28N2O5S/c1-3-9-20-14-15-25(26(16-20)33-2)34-18-21(30)17-29-24-13-8-7-12-23(24)28-27(29)19-35(31,32)22-10-5-4-6-11-22/h3-16,21,30H,17-19H2,1-2H3/b9-3+/t21-/m0/s1. The van der Waals surface area contributed by atoms with E-state index in [9.17, 15) is 13.5 Å². The summed E-state index contributed by atoms with van der Waals surface area (Å²) in [5.41, 5.74) is 2.39. The van der Waals surface area contributed by atoms with Gasteiger partial charge < -0.3 is 19.1 Å². The first-order valence-corrected chi connectivity index (χ1v) is 12.9. The fourth-order valence-corrected chi connectivity index (χ4v) is 5.17. The number of nitrogens with zero attached hydrogens (tertiary/aromatic N) is 2. The van der Waals surface area contributed by atoms with Crippen molar-refractivity contribution in [3.05, 3.63) is 90.3 Å². The summed E-state index contributed by atoms with van der Waals surface area (Å²) >= 11 is 0. The van der Waals surface area contributed by atoms with Gasteiger partial charge in [0, 0.05) is 0 Å². The number of aliphatic hydroxyl groups excluding tert-OH is 1. The Morgan fingerprint density at radius 3 is 2.51 bits per heavy atom. The first kappa shape index (κ1) is 24.5. The second kappa shape index (κ2) is 10.8. The van der Waals surface area contributed by atoms with Crippen LogP contribution in [0, 0.1) is 0 Å². The van der Waals surface area contributed by atoms with E-state index in [2.05, 4.69) is 4.98 Å². The number of hydrogen-bond acceptors (Lipinski definition) is 6. The predicted octanol–water partition coefficient (Wildman–Crippen LogP) is 4.49. The molecule has 4 rings (SSSR count). The van der Waals surface area contributed by atoms with E-state index in [0.717, 1.165) is 11.1 Å². The maximum atomic E-state index is 13.0. The average molecular weight is 493 g/mol. The third-order valence-electron chi connectivity index (χ3n) is 5.53. The van der Waals surface area contributed by atoms with Crippen LogP contribution in [0.3, 0.4) is 0 Å². The van der Waals surface area contributed by atoms with Crippen LogP contribution < -0.4 is 9.47 Å². The quantitative estimate of drug-likeness (QED) is 0.351. The van der Waals surface area contributed by atoms with Gasteiger partial charge in [0.25, 0.3) is 0 Å². The number of methoxy groups -OCH3 is 1. The first-order chi connectivity index (χ1) is 16.9. The van der Waals surface area contributed by atoms with Crippen molar-refractivity contribution in [3.8, 4) is 11.5 Å². The third-order valence-corrected chi connectivity index (χ3v) is 7.16. The molecule has 182 valence electrons. The van der Waals surface area contributed by atoms with Gasteiger partial charge in [-0.05, 0) is 48.9 Å². The first-order valence-electron chi connectivity index (χ1n) is 11.2. The van der Waals surface area contributed by atoms with E-state index in [-0.39, 0.29) is 23.8 Å². The summed E-state index contributed by atoms with van der Waals surface area (Å²) in [7, 11) is -2.05. The molecule has 0 fully saturated rings. The van der Waals surface area contributed by atoms with Crippen molar-refractivity contribution in [1.82, 2.24) is 9.55 Å². The van der Waals surface area contributed by atoms with Gasteiger partial charge in [-0.1, -0.05) is 48.6 Å². The Balaban J connectivity index is 1.55. The smallest absolute Gasteiger partial charge is 0.185 e. The van der Waals surface area contributed by atoms with Gasteiger partial charge in [-0.25, -0.2) is 13.4 Å². The van der Waals surface area contributed by atoms with Crippen molar-refractivity contribution in [2.45, 2.75) is 30.2 Å². The van der Waals surface area contributed by atoms with Crippen LogP contribution in [0.4, 0.5) is 0 Å². The molecule has 1 aromatic heterocycles. The minimum atomic E-state index is -3.61. The number of sulfone groups is 1. The molecule has 1 atom stereocenters. The molecule has 4 aromatic rings. The topological polar surface area (TPSA) is 90.7 Å². The lowest BCUT2D eigenvalue weighted by Gasteiger charge is -2.17. The number of rotatable bonds is 10. The molecule has 35 heavy (non-hydrogen) atoms. The van der Waals surface area contributed by atoms with Crippen LogP contribution in [0.1, 0.15) is 18.3 Å². The van der Waals surface area contributed by atoms with Gasteiger partial charge in [0.15, 0.2) is 21.3 Å². The van der Waals surface area contributed by atoms with Gasteiger partial charge in [0.1, 0.15) is 24.3 Å². The molecule has 1 heterocycles. The van der Waals surface area contributed by atoms with Gasteiger partial charge in [0.2, 0.25) is 0 Å². The third kappa shape index (κ3) is 5.72. The number of allylic oxidation sites excluding steroid dienone is 1. The normalized spacial score (nSPS) is 12.8. The Labute approximate surface area is 205 Å². The van der Waals surface area contributed by atoms with Gasteiger partial charge in [0.05, 0.1) is 29.6 Å². The fourth-order valence-electron chi connectivity index (χ4n) is 3.87. The summed E-state index contributed by atoms with van der Waals surface area (Å²) in [5.74, 6) is 1.17. The van der Waals surface area contributed by atoms with Gasteiger partial charge in [-0.3, -0.25) is 0 Å². The van der Waals surface area contributed by atoms with E-state index in [1.165, 1.54) is 0 Å². The molecule has 0 amide bonds. The number of aliphatic hydroxyl groups is 1. The van der Waals surface area contributed by atoms with E-state index in [1.54, 1.807) is 48.1 Å². The molecule has 0 bridgehead atoms. The summed E-state index contributed by atoms with van der Waals surface area (Å²) in [5, 5.41) is 10.8. The molecule has 0 saturated carbocycles. The Morgan fingerprint density at radius 1 is 1.03 bits per heavy atom. The molecule has 0 aliphatic carbocycles. The number of hydrogen-bond donors (Lipinski definition) is 1. The molecule has 0 unspecified atom stereocenters. The van der Waals surface area contributed by atoms with Gasteiger partial charge in [-0.2, -0.15) is 0 Å². The zero-order chi connectivity index (χ0) is 24.8. The van der Waals surface area contributed by atoms with Crippen LogP contribution in [-0.2, 0) is 22.1 Å². The highest BCUT2D eigenvalue weighted by molar-refractivity contribution is 7.90. The van der Waals surface area contributed by atoms with Gasteiger partial charge in [-0.15, -0.1) is 0 Å². The van der Waals surface area contributed by atoms with Crippen molar-refractivity contribution >= 4 is 26.9 Å². The summed E-state index contributed by atoms with van der Waals surface area (Å²) < 4.78 is 39.0. The number of ether oxygens (including phenoxy) is 2. The monoisotopic (exact) mass is 492 g/mol. The Kier molecular flexibility index (Phi) is 7.53. The molecule has 3 aromatic carbocycles. The predicted molar refractivity (Wildman–Crippen MR) is 136 cm³/mol. The summed E-state index contributed by atoms with van der Waals surface area (Å²) in [6.45, 7) is 2.06. The van der Waals surface area contributed by atoms with Crippen molar-refractivity contribution < 1.29 is 23.0 Å². The number of benzene rings is 3. The lowest BCUT2D eigenvalue weighted by Crippen LogP contribution is -2.25. The van der Waals surface area contributed by atoms with Gasteiger partial charge >= 0.3 is 0 Å². The highest BCUT2D eigenvalue weighted by Gasteiger charge is 2.22. The van der Waals surface area contributed by atoms with E-state index in [1.807, 2.05) is 55.5 Å². The van der Waals surface area contributed by atoms with E-state index < -0.39 is 15.9 Å². The van der Waals surface area contributed by atoms with Crippen LogP contribution in [0.2, 0.25) is 0 Å². The Hall–Kier alpha value is -3.62. The maximum Gasteiger partial charge on any atom is 0.185 e. The van der Waals surface area contributed by atoms with Crippen LogP contribution in [0.25, 0.3) is 17.1 Å². The molecule has 1 N–H and O–H groups in total. The van der Waals surface area contributed by atoms with Crippen molar-refractivity contribution in [1.29, 1.82) is 0 Å². The Bertz CT molecular complexity index is 1430. The fraction of sp³-hybridized carbons (Fsp3) is 0.222. The van der Waals surface area contributed by atoms with Crippen LogP contribution in [-0.4, -0.2) is 42.9 Å². The van der Waals surface area contributed by atoms with E-state index >= 15 is 0 Å². The lowest BCUT2D eigenvalue weighted by molar-refractivity contribution is 0.0913. The second-order valence-corrected chi connectivity index (χ2v) is 10.1. The number of aromatic nitrogens is 2. The molecular weight excluding hydrogens is 464 g/mol. The highest BCUT2D eigenvalue weighted by atomic mass is 32.2. The molecule has 0 aliphatic heterocycles. The Morgan fingerprint density at radius 2 is 1.77 bits per heavy atom. The summed E-state index contributed by atoms with van der Waals surface area (Å²) in [6.07, 6.45) is 2.98. The minimum Gasteiger partial charge on any atom is -0.493 e. The lowest BCUT2D eigenvalue weighted by atomic mass is 10.2. The van der Waals surface area contributed by atoms with Crippen molar-refractivity contribution in [3.63, 3.8) is 0 Å². The van der Waals surface area contributed by atoms with Crippen LogP contribution in [0.5, 0.6) is 11.5 Å². The van der Waals surface area contributed by atoms with Crippen LogP contribution in [0.15, 0.2) is 83.8 Å². The van der Waals surface area contributed by atoms with E-state index in [0.29, 0.717) is 22.8 Å². The molecule has 0 saturated heterocycles. The SMILES string of the molecule is C/C=C/c1ccc(OC[C@@H](O)Cn2c(CS(=O)(=O)c3ccccc3)nc3ccccc32)c(OC)c1. The van der Waals surface area contributed by atoms with Crippen LogP contribution >= 0.6 is 0 Å². The molecule has 0 spiro atoms. The number of imidazole rings is 1. The zero-order valence-electron chi connectivity index (χ0n) is 19.7. The van der Waals surface area contributed by atoms with Crippen molar-refractivity contribution in [2.24, 2.45) is 0 Å². The number of para-hydroxylation sites is 2. The zero-order valence-corrected chi connectivity index (χ0v) is 20.5.